The number of hydrogen-bond acceptors (Lipinski definition) is 5. The summed E-state index contributed by atoms with van der Waals surface area (Å²) in [5.74, 6) is -11.0. The number of ether oxygens (including phenoxy) is 2. The van der Waals surface area contributed by atoms with E-state index in [-0.39, 0.29) is 33.9 Å². The summed E-state index contributed by atoms with van der Waals surface area (Å²) >= 11 is 0. The number of H-pyrrole nitrogens is 1. The van der Waals surface area contributed by atoms with Gasteiger partial charge in [0.1, 0.15) is 17.2 Å². The molecule has 0 saturated carbocycles. The van der Waals surface area contributed by atoms with Crippen LogP contribution in [0.5, 0.6) is 11.5 Å². The van der Waals surface area contributed by atoms with Crippen LogP contribution in [0.25, 0.3) is 5.57 Å². The van der Waals surface area contributed by atoms with Gasteiger partial charge in [0.25, 0.3) is 0 Å². The molecule has 5 rings (SSSR count). The third kappa shape index (κ3) is 5.00. The molecule has 11 heteroatoms. The van der Waals surface area contributed by atoms with Crippen molar-refractivity contribution in [2.45, 2.75) is 0 Å². The summed E-state index contributed by atoms with van der Waals surface area (Å²) in [7, 11) is 2.91. The second-order valence-corrected chi connectivity index (χ2v) is 8.94. The lowest BCUT2D eigenvalue weighted by atomic mass is 9.98. The van der Waals surface area contributed by atoms with Crippen molar-refractivity contribution in [3.8, 4) is 11.5 Å². The molecule has 1 aliphatic rings. The Morgan fingerprint density at radius 2 is 1.10 bits per heavy atom. The molecule has 2 heterocycles. The normalized spacial score (nSPS) is 13.6. The summed E-state index contributed by atoms with van der Waals surface area (Å²) in [6.45, 7) is 0. The van der Waals surface area contributed by atoms with Gasteiger partial charge in [0, 0.05) is 22.4 Å². The Kier molecular flexibility index (Phi) is 7.58. The highest BCUT2D eigenvalue weighted by atomic mass is 19.2. The predicted octanol–water partition coefficient (Wildman–Crippen LogP) is 6.61. The van der Waals surface area contributed by atoms with Crippen molar-refractivity contribution in [3.05, 3.63) is 136 Å². The van der Waals surface area contributed by atoms with E-state index in [2.05, 4.69) is 9.98 Å². The molecule has 0 radical (unpaired) electrons. The van der Waals surface area contributed by atoms with Crippen LogP contribution in [-0.4, -0.2) is 36.5 Å². The highest BCUT2D eigenvalue weighted by Gasteiger charge is 2.31. The van der Waals surface area contributed by atoms with E-state index in [4.69, 9.17) is 9.47 Å². The minimum absolute atomic E-state index is 0.0439. The third-order valence-electron chi connectivity index (χ3n) is 6.49. The Bertz CT molecular complexity index is 1790. The average molecular weight is 578 g/mol. The Morgan fingerprint density at radius 1 is 0.619 bits per heavy atom. The zero-order valence-electron chi connectivity index (χ0n) is 21.9. The monoisotopic (exact) mass is 578 g/mol. The third-order valence-corrected chi connectivity index (χ3v) is 6.49. The molecule has 0 unspecified atom stereocenters. The van der Waals surface area contributed by atoms with E-state index in [0.717, 1.165) is 0 Å². The molecule has 0 bridgehead atoms. The van der Waals surface area contributed by atoms with E-state index in [1.807, 2.05) is 0 Å². The Morgan fingerprint density at radius 3 is 1.62 bits per heavy atom. The summed E-state index contributed by atoms with van der Waals surface area (Å²) in [5, 5.41) is 0. The van der Waals surface area contributed by atoms with E-state index in [1.54, 1.807) is 24.3 Å². The number of aliphatic imine (C=N–C) groups is 1. The van der Waals surface area contributed by atoms with Crippen LogP contribution in [0.1, 0.15) is 37.7 Å². The van der Waals surface area contributed by atoms with Crippen molar-refractivity contribution in [1.29, 1.82) is 0 Å². The molecule has 1 aliphatic heterocycles. The van der Waals surface area contributed by atoms with Gasteiger partial charge < -0.3 is 14.5 Å². The average Bonchev–Trinajstić information content (AvgIpc) is 3.71. The number of halogens is 5. The van der Waals surface area contributed by atoms with Crippen molar-refractivity contribution in [2.75, 3.05) is 14.2 Å². The van der Waals surface area contributed by atoms with Gasteiger partial charge in [-0.2, -0.15) is 0 Å². The predicted molar refractivity (Wildman–Crippen MR) is 143 cm³/mol. The molecule has 3 aromatic carbocycles. The number of aromatic nitrogens is 1. The highest BCUT2D eigenvalue weighted by molar-refractivity contribution is 6.50. The Hall–Kier alpha value is -5.32. The fourth-order valence-corrected chi connectivity index (χ4v) is 4.31. The number of methoxy groups -OCH3 is 2. The SMILES string of the molecule is COc1ccc(C(=O)C2=N/C(=C(\c3ccc(C(=O)c4ccc(OC)cc4)[nH]3)c3c(F)c(F)c(F)c(F)c3F)C=C2)cc1. The number of benzene rings is 3. The lowest BCUT2D eigenvalue weighted by Crippen LogP contribution is -2.11. The van der Waals surface area contributed by atoms with Gasteiger partial charge in [0.15, 0.2) is 23.3 Å². The number of Topliss-reactive ketones (excluding diaryl/α,β-unsaturated/α-hetero) is 1. The number of nitrogens with zero attached hydrogens (tertiary/aromatic N) is 1. The lowest BCUT2D eigenvalue weighted by molar-refractivity contribution is 0.103. The maximum Gasteiger partial charge on any atom is 0.211 e. The second kappa shape index (κ2) is 11.3. The molecule has 0 aliphatic carbocycles. The first-order valence-electron chi connectivity index (χ1n) is 12.2. The molecular weight excluding hydrogens is 559 g/mol. The molecule has 42 heavy (non-hydrogen) atoms. The molecule has 1 N–H and O–H groups in total. The van der Waals surface area contributed by atoms with Crippen LogP contribution in [0.3, 0.4) is 0 Å². The maximum absolute atomic E-state index is 15.1. The van der Waals surface area contributed by atoms with Gasteiger partial charge >= 0.3 is 0 Å². The highest BCUT2D eigenvalue weighted by Crippen LogP contribution is 2.36. The molecule has 212 valence electrons. The molecule has 0 saturated heterocycles. The summed E-state index contributed by atoms with van der Waals surface area (Å²) in [4.78, 5) is 33.0. The van der Waals surface area contributed by atoms with Crippen LogP contribution in [0.4, 0.5) is 22.0 Å². The number of nitrogens with one attached hydrogen (secondary N) is 1. The zero-order chi connectivity index (χ0) is 30.1. The van der Waals surface area contributed by atoms with E-state index in [9.17, 15) is 22.8 Å². The van der Waals surface area contributed by atoms with E-state index in [0.29, 0.717) is 11.5 Å². The molecule has 1 aromatic heterocycles. The first-order valence-corrected chi connectivity index (χ1v) is 12.2. The first kappa shape index (κ1) is 28.2. The Labute approximate surface area is 235 Å². The fourth-order valence-electron chi connectivity index (χ4n) is 4.31. The Balaban J connectivity index is 1.64. The van der Waals surface area contributed by atoms with Crippen LogP contribution in [0.15, 0.2) is 83.5 Å². The van der Waals surface area contributed by atoms with Crippen LogP contribution >= 0.6 is 0 Å². The second-order valence-electron chi connectivity index (χ2n) is 8.94. The topological polar surface area (TPSA) is 80.8 Å². The van der Waals surface area contributed by atoms with Gasteiger partial charge in [0.2, 0.25) is 17.4 Å². The van der Waals surface area contributed by atoms with Crippen molar-refractivity contribution in [3.63, 3.8) is 0 Å². The van der Waals surface area contributed by atoms with Gasteiger partial charge in [-0.3, -0.25) is 9.59 Å². The van der Waals surface area contributed by atoms with Gasteiger partial charge in [-0.15, -0.1) is 0 Å². The number of carbonyl (C=O) groups is 2. The minimum atomic E-state index is -2.33. The van der Waals surface area contributed by atoms with E-state index >= 15 is 8.78 Å². The summed E-state index contributed by atoms with van der Waals surface area (Å²) in [6, 6.07) is 14.7. The number of carbonyl (C=O) groups excluding carboxylic acids is 2. The van der Waals surface area contributed by atoms with Gasteiger partial charge in [0.05, 0.1) is 31.2 Å². The summed E-state index contributed by atoms with van der Waals surface area (Å²) in [5.41, 5.74) is -2.04. The molecular formula is C31H19F5N2O4. The van der Waals surface area contributed by atoms with Crippen LogP contribution in [0, 0.1) is 29.1 Å². The number of hydrogen-bond donors (Lipinski definition) is 1. The minimum Gasteiger partial charge on any atom is -0.497 e. The molecule has 4 aromatic rings. The van der Waals surface area contributed by atoms with Crippen molar-refractivity contribution in [1.82, 2.24) is 4.98 Å². The number of rotatable bonds is 8. The van der Waals surface area contributed by atoms with Gasteiger partial charge in [-0.25, -0.2) is 26.9 Å². The first-order chi connectivity index (χ1) is 20.1. The van der Waals surface area contributed by atoms with Crippen molar-refractivity contribution < 1.29 is 41.0 Å². The van der Waals surface area contributed by atoms with E-state index < -0.39 is 51.8 Å². The summed E-state index contributed by atoms with van der Waals surface area (Å²) in [6.07, 6.45) is 2.45. The van der Waals surface area contributed by atoms with Gasteiger partial charge in [-0.05, 0) is 72.8 Å². The smallest absolute Gasteiger partial charge is 0.211 e. The van der Waals surface area contributed by atoms with Gasteiger partial charge in [-0.1, -0.05) is 0 Å². The molecule has 0 atom stereocenters. The van der Waals surface area contributed by atoms with Crippen LogP contribution in [0.2, 0.25) is 0 Å². The van der Waals surface area contributed by atoms with E-state index in [1.165, 1.54) is 62.8 Å². The zero-order valence-corrected chi connectivity index (χ0v) is 21.9. The molecule has 0 spiro atoms. The van der Waals surface area contributed by atoms with Crippen molar-refractivity contribution >= 4 is 22.9 Å². The summed E-state index contributed by atoms with van der Waals surface area (Å²) < 4.78 is 82.8. The molecule has 6 nitrogen and oxygen atoms in total. The lowest BCUT2D eigenvalue weighted by Gasteiger charge is -2.13. The molecule has 0 amide bonds. The van der Waals surface area contributed by atoms with Crippen LogP contribution in [-0.2, 0) is 0 Å². The number of ketones is 2. The number of allylic oxidation sites excluding steroid dienone is 2. The van der Waals surface area contributed by atoms with Crippen molar-refractivity contribution in [2.24, 2.45) is 4.99 Å². The molecule has 0 fully saturated rings. The van der Waals surface area contributed by atoms with Crippen LogP contribution < -0.4 is 9.47 Å². The largest absolute Gasteiger partial charge is 0.497 e. The number of aromatic amines is 1. The quantitative estimate of drug-likeness (QED) is 0.110. The fraction of sp³-hybridized carbons (Fsp3) is 0.0645. The maximum atomic E-state index is 15.1. The standard InChI is InChI=1S/C31H19F5N2O4/c1-41-17-7-3-15(4-8-17)30(39)21-13-11-19(37-21)23(24-25(32)27(34)29(36)28(35)26(24)33)20-12-14-22(38-20)31(40)16-5-9-18(42-2)10-6-16/h3-14,37H,1-2H3/b23-20+.